The van der Waals surface area contributed by atoms with Crippen LogP contribution >= 0.6 is 12.4 Å². The van der Waals surface area contributed by atoms with E-state index in [1.807, 2.05) is 30.0 Å². The summed E-state index contributed by atoms with van der Waals surface area (Å²) in [6.45, 7) is 2.55. The van der Waals surface area contributed by atoms with Crippen LogP contribution in [0, 0.1) is 0 Å². The van der Waals surface area contributed by atoms with E-state index in [1.54, 1.807) is 6.07 Å². The lowest BCUT2D eigenvalue weighted by Gasteiger charge is -2.38. The lowest BCUT2D eigenvalue weighted by molar-refractivity contribution is -0.136. The van der Waals surface area contributed by atoms with Gasteiger partial charge in [-0.15, -0.1) is 12.4 Å². The lowest BCUT2D eigenvalue weighted by atomic mass is 9.97. The molecule has 3 aromatic rings. The van der Waals surface area contributed by atoms with E-state index in [-0.39, 0.29) is 48.1 Å². The van der Waals surface area contributed by atoms with E-state index in [4.69, 9.17) is 10.2 Å². The van der Waals surface area contributed by atoms with Gasteiger partial charge in [-0.05, 0) is 38.3 Å². The van der Waals surface area contributed by atoms with E-state index in [0.717, 1.165) is 24.6 Å². The van der Waals surface area contributed by atoms with Gasteiger partial charge in [0.1, 0.15) is 17.6 Å². The molecular weight excluding hydrogens is 368 g/mol. The van der Waals surface area contributed by atoms with Crippen LogP contribution in [0.3, 0.4) is 0 Å². The van der Waals surface area contributed by atoms with Crippen LogP contribution in [-0.2, 0) is 11.3 Å². The number of fused-ring (bicyclic) bond motifs is 3. The Labute approximate surface area is 162 Å². The summed E-state index contributed by atoms with van der Waals surface area (Å²) >= 11 is 0. The molecule has 0 spiro atoms. The van der Waals surface area contributed by atoms with Crippen molar-refractivity contribution >= 4 is 40.4 Å². The van der Waals surface area contributed by atoms with Gasteiger partial charge in [-0.3, -0.25) is 14.2 Å². The van der Waals surface area contributed by atoms with Gasteiger partial charge in [-0.1, -0.05) is 12.1 Å². The molecule has 1 aromatic carbocycles. The molecule has 7 nitrogen and oxygen atoms in total. The molecule has 144 valence electrons. The Morgan fingerprint density at radius 2 is 2.15 bits per heavy atom. The number of carbonyl (C=O) groups is 1. The Balaban J connectivity index is 0.00000210. The van der Waals surface area contributed by atoms with Crippen molar-refractivity contribution < 1.29 is 9.21 Å². The molecule has 1 fully saturated rings. The van der Waals surface area contributed by atoms with Crippen LogP contribution in [0.4, 0.5) is 0 Å². The summed E-state index contributed by atoms with van der Waals surface area (Å²) in [7, 11) is 0. The maximum Gasteiger partial charge on any atom is 0.297 e. The second-order valence-electron chi connectivity index (χ2n) is 6.96. The van der Waals surface area contributed by atoms with E-state index in [9.17, 15) is 9.59 Å². The minimum Gasteiger partial charge on any atom is -0.448 e. The molecule has 1 saturated heterocycles. The average molecular weight is 391 g/mol. The minimum absolute atomic E-state index is 0. The van der Waals surface area contributed by atoms with Crippen molar-refractivity contribution in [3.63, 3.8) is 0 Å². The van der Waals surface area contributed by atoms with Crippen molar-refractivity contribution in [1.82, 2.24) is 14.5 Å². The normalized spacial score (nSPS) is 18.4. The Bertz CT molecular complexity index is 1030. The van der Waals surface area contributed by atoms with Crippen LogP contribution in [0.15, 0.2) is 39.8 Å². The van der Waals surface area contributed by atoms with E-state index < -0.39 is 0 Å². The Morgan fingerprint density at radius 1 is 1.37 bits per heavy atom. The molecule has 1 aliphatic rings. The van der Waals surface area contributed by atoms with Crippen molar-refractivity contribution in [1.29, 1.82) is 0 Å². The molecule has 0 aliphatic carbocycles. The summed E-state index contributed by atoms with van der Waals surface area (Å²) < 4.78 is 6.99. The number of rotatable bonds is 3. The summed E-state index contributed by atoms with van der Waals surface area (Å²) in [6.07, 6.45) is 4.36. The number of nitrogens with zero attached hydrogens (tertiary/aromatic N) is 3. The highest BCUT2D eigenvalue weighted by Crippen LogP contribution is 2.24. The van der Waals surface area contributed by atoms with Crippen LogP contribution in [0.25, 0.3) is 22.1 Å². The molecule has 2 unspecified atom stereocenters. The molecule has 1 amide bonds. The van der Waals surface area contributed by atoms with E-state index in [1.165, 1.54) is 10.9 Å². The first-order valence-corrected chi connectivity index (χ1v) is 8.98. The zero-order valence-corrected chi connectivity index (χ0v) is 15.9. The van der Waals surface area contributed by atoms with Gasteiger partial charge in [0.25, 0.3) is 5.56 Å². The van der Waals surface area contributed by atoms with Crippen molar-refractivity contribution in [2.75, 3.05) is 6.54 Å². The largest absolute Gasteiger partial charge is 0.448 e. The van der Waals surface area contributed by atoms with Gasteiger partial charge in [-0.25, -0.2) is 4.98 Å². The Morgan fingerprint density at radius 3 is 2.93 bits per heavy atom. The highest BCUT2D eigenvalue weighted by Gasteiger charge is 2.29. The highest BCUT2D eigenvalue weighted by molar-refractivity contribution is 6.01. The van der Waals surface area contributed by atoms with Crippen LogP contribution in [-0.4, -0.2) is 39.0 Å². The SMILES string of the molecule is CC(N)C1CCCCN1C(=O)Cn1cnc2c(oc3ccccc32)c1=O.Cl. The number of carbonyl (C=O) groups excluding carboxylic acids is 1. The van der Waals surface area contributed by atoms with Crippen molar-refractivity contribution in [2.45, 2.75) is 44.8 Å². The van der Waals surface area contributed by atoms with Gasteiger partial charge in [0.15, 0.2) is 0 Å². The van der Waals surface area contributed by atoms with Crippen molar-refractivity contribution in [2.24, 2.45) is 5.73 Å². The quantitative estimate of drug-likeness (QED) is 0.740. The number of amides is 1. The summed E-state index contributed by atoms with van der Waals surface area (Å²) in [5, 5.41) is 0.797. The molecule has 3 heterocycles. The van der Waals surface area contributed by atoms with Gasteiger partial charge in [-0.2, -0.15) is 0 Å². The number of benzene rings is 1. The van der Waals surface area contributed by atoms with Gasteiger partial charge in [0.05, 0.1) is 6.33 Å². The summed E-state index contributed by atoms with van der Waals surface area (Å²) in [5.41, 5.74) is 7.03. The second kappa shape index (κ2) is 7.70. The first kappa shape index (κ1) is 19.4. The van der Waals surface area contributed by atoms with Crippen LogP contribution < -0.4 is 11.3 Å². The fourth-order valence-corrected chi connectivity index (χ4v) is 3.78. The van der Waals surface area contributed by atoms with Gasteiger partial charge >= 0.3 is 0 Å². The number of aromatic nitrogens is 2. The molecule has 2 N–H and O–H groups in total. The average Bonchev–Trinajstić information content (AvgIpc) is 3.03. The van der Waals surface area contributed by atoms with Crippen molar-refractivity contribution in [3.8, 4) is 0 Å². The fraction of sp³-hybridized carbons (Fsp3) is 0.421. The van der Waals surface area contributed by atoms with Crippen LogP contribution in [0.1, 0.15) is 26.2 Å². The molecule has 1 aliphatic heterocycles. The number of halogens is 1. The van der Waals surface area contributed by atoms with Gasteiger partial charge < -0.3 is 15.1 Å². The number of para-hydroxylation sites is 1. The predicted molar refractivity (Wildman–Crippen MR) is 106 cm³/mol. The number of piperidine rings is 1. The molecular formula is C19H23ClN4O3. The summed E-state index contributed by atoms with van der Waals surface area (Å²) in [6, 6.07) is 7.31. The first-order chi connectivity index (χ1) is 12.6. The third-order valence-electron chi connectivity index (χ3n) is 5.13. The molecule has 8 heteroatoms. The first-order valence-electron chi connectivity index (χ1n) is 8.98. The zero-order chi connectivity index (χ0) is 18.3. The van der Waals surface area contributed by atoms with Crippen LogP contribution in [0.5, 0.6) is 0 Å². The summed E-state index contributed by atoms with van der Waals surface area (Å²) in [4.78, 5) is 31.7. The van der Waals surface area contributed by atoms with Gasteiger partial charge in [0, 0.05) is 24.0 Å². The maximum atomic E-state index is 12.8. The number of likely N-dealkylation sites (tertiary alicyclic amines) is 1. The molecule has 27 heavy (non-hydrogen) atoms. The highest BCUT2D eigenvalue weighted by atomic mass is 35.5. The lowest BCUT2D eigenvalue weighted by Crippen LogP contribution is -2.52. The Kier molecular flexibility index (Phi) is 5.53. The fourth-order valence-electron chi connectivity index (χ4n) is 3.78. The molecule has 4 rings (SSSR count). The number of hydrogen-bond donors (Lipinski definition) is 1. The topological polar surface area (TPSA) is 94.4 Å². The van der Waals surface area contributed by atoms with E-state index in [0.29, 0.717) is 17.6 Å². The van der Waals surface area contributed by atoms with Crippen molar-refractivity contribution in [3.05, 3.63) is 40.9 Å². The standard InChI is InChI=1S/C19H22N4O3.ClH/c1-12(20)14-7-4-5-9-23(14)16(24)10-22-11-21-17-13-6-2-3-8-15(13)26-18(17)19(22)25;/h2-3,6,8,11-12,14H,4-5,7,9-10,20H2,1H3;1H. The molecule has 0 radical (unpaired) electrons. The number of hydrogen-bond acceptors (Lipinski definition) is 5. The second-order valence-corrected chi connectivity index (χ2v) is 6.96. The number of nitrogens with two attached hydrogens (primary N) is 1. The third-order valence-corrected chi connectivity index (χ3v) is 5.13. The minimum atomic E-state index is -0.339. The van der Waals surface area contributed by atoms with Crippen LogP contribution in [0.2, 0.25) is 0 Å². The van der Waals surface area contributed by atoms with Gasteiger partial charge in [0.2, 0.25) is 11.5 Å². The third kappa shape index (κ3) is 3.44. The summed E-state index contributed by atoms with van der Waals surface area (Å²) in [5.74, 6) is -0.105. The van der Waals surface area contributed by atoms with E-state index >= 15 is 0 Å². The number of furan rings is 1. The molecule has 2 aromatic heterocycles. The smallest absolute Gasteiger partial charge is 0.297 e. The maximum absolute atomic E-state index is 12.8. The molecule has 0 bridgehead atoms. The molecule has 0 saturated carbocycles. The monoisotopic (exact) mass is 390 g/mol. The molecule has 2 atom stereocenters. The zero-order valence-electron chi connectivity index (χ0n) is 15.1. The predicted octanol–water partition coefficient (Wildman–Crippen LogP) is 2.29. The Hall–Kier alpha value is -2.38. The van der Waals surface area contributed by atoms with E-state index in [2.05, 4.69) is 4.98 Å².